The fourth-order valence-corrected chi connectivity index (χ4v) is 1.10. The Labute approximate surface area is 94.5 Å². The van der Waals surface area contributed by atoms with Crippen LogP contribution in [-0.4, -0.2) is 27.7 Å². The number of rotatable bonds is 5. The summed E-state index contributed by atoms with van der Waals surface area (Å²) in [6.07, 6.45) is 0.889. The van der Waals surface area contributed by atoms with E-state index in [4.69, 9.17) is 9.84 Å². The quantitative estimate of drug-likeness (QED) is 0.827. The van der Waals surface area contributed by atoms with Crippen LogP contribution in [0.15, 0.2) is 6.07 Å². The number of hydrogen-bond donors (Lipinski definition) is 1. The number of aryl methyl sites for hydroxylation is 1. The third-order valence-corrected chi connectivity index (χ3v) is 1.98. The van der Waals surface area contributed by atoms with Crippen molar-refractivity contribution in [2.24, 2.45) is 5.92 Å². The number of hydrogen-bond acceptors (Lipinski definition) is 4. The van der Waals surface area contributed by atoms with Crippen molar-refractivity contribution in [3.8, 4) is 6.01 Å². The van der Waals surface area contributed by atoms with Crippen LogP contribution < -0.4 is 4.74 Å². The Balaban J connectivity index is 2.69. The van der Waals surface area contributed by atoms with Gasteiger partial charge in [0.2, 0.25) is 0 Å². The molecule has 0 saturated heterocycles. The average molecular weight is 224 g/mol. The van der Waals surface area contributed by atoms with Crippen LogP contribution >= 0.6 is 0 Å². The second-order valence-corrected chi connectivity index (χ2v) is 4.01. The van der Waals surface area contributed by atoms with Gasteiger partial charge >= 0.3 is 12.0 Å². The lowest BCUT2D eigenvalue weighted by molar-refractivity contribution is 0.0688. The van der Waals surface area contributed by atoms with Gasteiger partial charge in [-0.2, -0.15) is 4.98 Å². The number of ether oxygens (including phenoxy) is 1. The minimum atomic E-state index is -1.07. The highest BCUT2D eigenvalue weighted by atomic mass is 16.5. The summed E-state index contributed by atoms with van der Waals surface area (Å²) in [7, 11) is 0. The van der Waals surface area contributed by atoms with E-state index in [1.54, 1.807) is 6.92 Å². The van der Waals surface area contributed by atoms with Gasteiger partial charge in [0.05, 0.1) is 6.61 Å². The molecule has 1 rings (SSSR count). The van der Waals surface area contributed by atoms with E-state index in [9.17, 15) is 4.79 Å². The summed E-state index contributed by atoms with van der Waals surface area (Å²) in [4.78, 5) is 18.6. The third-order valence-electron chi connectivity index (χ3n) is 1.98. The van der Waals surface area contributed by atoms with Crippen molar-refractivity contribution in [1.29, 1.82) is 0 Å². The van der Waals surface area contributed by atoms with E-state index in [-0.39, 0.29) is 11.7 Å². The molecule has 16 heavy (non-hydrogen) atoms. The minimum Gasteiger partial charge on any atom is -0.477 e. The largest absolute Gasteiger partial charge is 0.477 e. The maximum absolute atomic E-state index is 10.7. The second-order valence-electron chi connectivity index (χ2n) is 4.01. The van der Waals surface area contributed by atoms with E-state index < -0.39 is 5.97 Å². The highest BCUT2D eigenvalue weighted by Gasteiger charge is 2.09. The van der Waals surface area contributed by atoms with Crippen LogP contribution in [0.25, 0.3) is 0 Å². The molecular formula is C11H16N2O3. The summed E-state index contributed by atoms with van der Waals surface area (Å²) in [6, 6.07) is 1.55. The van der Waals surface area contributed by atoms with Gasteiger partial charge in [-0.3, -0.25) is 0 Å². The summed E-state index contributed by atoms with van der Waals surface area (Å²) in [5.74, 6) is -0.539. The zero-order valence-electron chi connectivity index (χ0n) is 9.73. The smallest absolute Gasteiger partial charge is 0.354 e. The molecule has 1 aromatic rings. The molecule has 5 heteroatoms. The predicted octanol–water partition coefficient (Wildman–Crippen LogP) is 1.91. The van der Waals surface area contributed by atoms with E-state index in [1.807, 2.05) is 0 Å². The molecule has 0 fully saturated rings. The number of carboxylic acids is 1. The van der Waals surface area contributed by atoms with Crippen LogP contribution in [0.2, 0.25) is 0 Å². The van der Waals surface area contributed by atoms with Gasteiger partial charge in [0.1, 0.15) is 0 Å². The number of nitrogens with zero attached hydrogens (tertiary/aromatic N) is 2. The van der Waals surface area contributed by atoms with Crippen LogP contribution in [0.1, 0.15) is 36.5 Å². The van der Waals surface area contributed by atoms with Gasteiger partial charge in [-0.05, 0) is 25.3 Å². The van der Waals surface area contributed by atoms with Crippen molar-refractivity contribution in [3.05, 3.63) is 17.5 Å². The van der Waals surface area contributed by atoms with Gasteiger partial charge in [-0.25, -0.2) is 9.78 Å². The molecule has 0 aliphatic rings. The van der Waals surface area contributed by atoms with Crippen molar-refractivity contribution in [1.82, 2.24) is 9.97 Å². The van der Waals surface area contributed by atoms with E-state index >= 15 is 0 Å². The molecule has 1 aromatic heterocycles. The van der Waals surface area contributed by atoms with E-state index in [1.165, 1.54) is 6.07 Å². The molecule has 0 spiro atoms. The molecule has 0 aromatic carbocycles. The topological polar surface area (TPSA) is 72.3 Å². The van der Waals surface area contributed by atoms with Crippen LogP contribution in [0, 0.1) is 12.8 Å². The molecule has 0 aliphatic heterocycles. The summed E-state index contributed by atoms with van der Waals surface area (Å²) in [5, 5.41) is 8.80. The lowest BCUT2D eigenvalue weighted by atomic mass is 10.1. The third kappa shape index (κ3) is 3.84. The molecule has 0 saturated carbocycles. The first kappa shape index (κ1) is 12.4. The molecule has 0 amide bonds. The molecule has 0 aliphatic carbocycles. The molecule has 0 radical (unpaired) electrons. The Kier molecular flexibility index (Phi) is 4.22. The molecule has 88 valence electrons. The molecule has 0 unspecified atom stereocenters. The fraction of sp³-hybridized carbons (Fsp3) is 0.545. The van der Waals surface area contributed by atoms with E-state index in [0.717, 1.165) is 6.42 Å². The molecule has 0 atom stereocenters. The Morgan fingerprint density at radius 2 is 2.19 bits per heavy atom. The molecular weight excluding hydrogens is 208 g/mol. The number of aromatic carboxylic acids is 1. The van der Waals surface area contributed by atoms with Crippen LogP contribution in [-0.2, 0) is 0 Å². The summed E-state index contributed by atoms with van der Waals surface area (Å²) >= 11 is 0. The van der Waals surface area contributed by atoms with Crippen molar-refractivity contribution < 1.29 is 14.6 Å². The van der Waals surface area contributed by atoms with Crippen LogP contribution in [0.3, 0.4) is 0 Å². The maximum Gasteiger partial charge on any atom is 0.354 e. The minimum absolute atomic E-state index is 0.0351. The van der Waals surface area contributed by atoms with E-state index in [0.29, 0.717) is 18.2 Å². The first-order valence-corrected chi connectivity index (χ1v) is 5.21. The lowest BCUT2D eigenvalue weighted by Crippen LogP contribution is -2.08. The average Bonchev–Trinajstić information content (AvgIpc) is 2.16. The number of carbonyl (C=O) groups is 1. The van der Waals surface area contributed by atoms with Gasteiger partial charge in [0.15, 0.2) is 5.69 Å². The van der Waals surface area contributed by atoms with Gasteiger partial charge in [-0.1, -0.05) is 13.8 Å². The number of aromatic nitrogens is 2. The first-order chi connectivity index (χ1) is 7.49. The van der Waals surface area contributed by atoms with Crippen molar-refractivity contribution >= 4 is 5.97 Å². The second kappa shape index (κ2) is 5.44. The Morgan fingerprint density at radius 1 is 1.50 bits per heavy atom. The Morgan fingerprint density at radius 3 is 2.75 bits per heavy atom. The highest BCUT2D eigenvalue weighted by molar-refractivity contribution is 5.85. The summed E-state index contributed by atoms with van der Waals surface area (Å²) in [5.41, 5.74) is 0.555. The van der Waals surface area contributed by atoms with Crippen molar-refractivity contribution in [2.45, 2.75) is 27.2 Å². The SMILES string of the molecule is Cc1cc(C(=O)O)nc(OCCC(C)C)n1. The predicted molar refractivity (Wildman–Crippen MR) is 58.7 cm³/mol. The normalized spacial score (nSPS) is 10.5. The van der Waals surface area contributed by atoms with Gasteiger partial charge < -0.3 is 9.84 Å². The summed E-state index contributed by atoms with van der Waals surface area (Å²) in [6.45, 7) is 6.38. The molecule has 5 nitrogen and oxygen atoms in total. The Hall–Kier alpha value is -1.65. The van der Waals surface area contributed by atoms with Crippen molar-refractivity contribution in [3.63, 3.8) is 0 Å². The molecule has 1 N–H and O–H groups in total. The zero-order valence-corrected chi connectivity index (χ0v) is 9.73. The van der Waals surface area contributed by atoms with Crippen LogP contribution in [0.5, 0.6) is 6.01 Å². The first-order valence-electron chi connectivity index (χ1n) is 5.21. The zero-order chi connectivity index (χ0) is 12.1. The molecule has 1 heterocycles. The van der Waals surface area contributed by atoms with Gasteiger partial charge in [-0.15, -0.1) is 0 Å². The Bertz CT molecular complexity index is 377. The molecule has 0 bridgehead atoms. The van der Waals surface area contributed by atoms with E-state index in [2.05, 4.69) is 23.8 Å². The number of carboxylic acid groups (broad SMARTS) is 1. The highest BCUT2D eigenvalue weighted by Crippen LogP contribution is 2.08. The maximum atomic E-state index is 10.7. The van der Waals surface area contributed by atoms with Gasteiger partial charge in [0, 0.05) is 5.69 Å². The standard InChI is InChI=1S/C11H16N2O3/c1-7(2)4-5-16-11-12-8(3)6-9(13-11)10(14)15/h6-7H,4-5H2,1-3H3,(H,14,15). The van der Waals surface area contributed by atoms with Gasteiger partial charge in [0.25, 0.3) is 0 Å². The van der Waals surface area contributed by atoms with Crippen LogP contribution in [0.4, 0.5) is 0 Å². The van der Waals surface area contributed by atoms with Crippen molar-refractivity contribution in [2.75, 3.05) is 6.61 Å². The summed E-state index contributed by atoms with van der Waals surface area (Å²) < 4.78 is 5.30. The fourth-order valence-electron chi connectivity index (χ4n) is 1.10. The lowest BCUT2D eigenvalue weighted by Gasteiger charge is -2.07. The monoisotopic (exact) mass is 224 g/mol.